The molecule has 136 valence electrons. The van der Waals surface area contributed by atoms with Crippen molar-refractivity contribution < 1.29 is 9.59 Å². The highest BCUT2D eigenvalue weighted by Gasteiger charge is 2.27. The van der Waals surface area contributed by atoms with Crippen LogP contribution in [0.25, 0.3) is 0 Å². The monoisotopic (exact) mass is 363 g/mol. The van der Waals surface area contributed by atoms with E-state index in [-0.39, 0.29) is 17.9 Å². The van der Waals surface area contributed by atoms with Crippen LogP contribution in [-0.4, -0.2) is 41.9 Å². The maximum atomic E-state index is 11.9. The van der Waals surface area contributed by atoms with E-state index in [2.05, 4.69) is 35.4 Å². The zero-order chi connectivity index (χ0) is 18.0. The van der Waals surface area contributed by atoms with Gasteiger partial charge in [0.1, 0.15) is 6.04 Å². The lowest BCUT2D eigenvalue weighted by atomic mass is 9.88. The van der Waals surface area contributed by atoms with E-state index in [4.69, 9.17) is 11.6 Å². The normalized spacial score (nSPS) is 23.0. The first-order valence-electron chi connectivity index (χ1n) is 9.07. The maximum Gasteiger partial charge on any atom is 0.249 e. The molecule has 1 unspecified atom stereocenters. The Labute approximate surface area is 154 Å². The fraction of sp³-hybridized carbons (Fsp3) is 0.579. The average Bonchev–Trinajstić information content (AvgIpc) is 2.58. The molecule has 2 aliphatic rings. The van der Waals surface area contributed by atoms with Crippen molar-refractivity contribution in [3.63, 3.8) is 0 Å². The lowest BCUT2D eigenvalue weighted by molar-refractivity contribution is -0.133. The van der Waals surface area contributed by atoms with Gasteiger partial charge in [0.2, 0.25) is 11.8 Å². The second-order valence-electron chi connectivity index (χ2n) is 7.29. The number of piperidine rings is 2. The van der Waals surface area contributed by atoms with Gasteiger partial charge >= 0.3 is 0 Å². The fourth-order valence-electron chi connectivity index (χ4n) is 3.71. The molecule has 2 fully saturated rings. The van der Waals surface area contributed by atoms with Gasteiger partial charge in [-0.05, 0) is 69.8 Å². The molecule has 1 aromatic carbocycles. The van der Waals surface area contributed by atoms with Crippen molar-refractivity contribution in [3.05, 3.63) is 28.8 Å². The third-order valence-electron chi connectivity index (χ3n) is 5.28. The molecule has 1 aromatic rings. The average molecular weight is 364 g/mol. The Kier molecular flexibility index (Phi) is 5.64. The summed E-state index contributed by atoms with van der Waals surface area (Å²) in [6.45, 7) is 6.69. The number of halogens is 1. The summed E-state index contributed by atoms with van der Waals surface area (Å²) < 4.78 is 0. The van der Waals surface area contributed by atoms with Crippen molar-refractivity contribution in [2.75, 3.05) is 18.4 Å². The lowest BCUT2D eigenvalue weighted by Crippen LogP contribution is -2.47. The quantitative estimate of drug-likeness (QED) is 0.807. The maximum absolute atomic E-state index is 11.9. The topological polar surface area (TPSA) is 61.4 Å². The molecule has 0 spiro atoms. The Morgan fingerprint density at radius 1 is 1.20 bits per heavy atom. The molecule has 3 rings (SSSR count). The minimum absolute atomic E-state index is 0.204. The predicted octanol–water partition coefficient (Wildman–Crippen LogP) is 3.14. The van der Waals surface area contributed by atoms with Crippen LogP contribution in [0.3, 0.4) is 0 Å². The smallest absolute Gasteiger partial charge is 0.249 e. The summed E-state index contributed by atoms with van der Waals surface area (Å²) >= 11 is 6.53. The number of nitrogens with zero attached hydrogens (tertiary/aromatic N) is 1. The number of hydrogen-bond donors (Lipinski definition) is 2. The highest BCUT2D eigenvalue weighted by atomic mass is 35.5. The van der Waals surface area contributed by atoms with E-state index in [1.807, 2.05) is 12.1 Å². The first kappa shape index (κ1) is 18.2. The van der Waals surface area contributed by atoms with Crippen molar-refractivity contribution in [2.45, 2.75) is 57.5 Å². The van der Waals surface area contributed by atoms with Gasteiger partial charge in [0, 0.05) is 23.2 Å². The van der Waals surface area contributed by atoms with Gasteiger partial charge in [-0.1, -0.05) is 17.7 Å². The fourth-order valence-corrected chi connectivity index (χ4v) is 4.04. The second kappa shape index (κ2) is 7.75. The zero-order valence-electron chi connectivity index (χ0n) is 14.8. The van der Waals surface area contributed by atoms with Crippen molar-refractivity contribution in [3.8, 4) is 0 Å². The predicted molar refractivity (Wildman–Crippen MR) is 99.9 cm³/mol. The number of imide groups is 1. The van der Waals surface area contributed by atoms with Gasteiger partial charge in [0.25, 0.3) is 0 Å². The number of benzene rings is 1. The highest BCUT2D eigenvalue weighted by molar-refractivity contribution is 6.31. The highest BCUT2D eigenvalue weighted by Crippen LogP contribution is 2.35. The molecular weight excluding hydrogens is 338 g/mol. The standard InChI is InChI=1S/C19H26ClN3O2/c1-12(2)23-9-7-13(8-10-23)15-4-3-14(11-16(15)20)21-17-5-6-18(24)22-19(17)25/h3-4,11-13,17,21H,5-10H2,1-2H3,(H,22,24,25). The number of amides is 2. The van der Waals surface area contributed by atoms with Gasteiger partial charge < -0.3 is 10.2 Å². The van der Waals surface area contributed by atoms with Crippen molar-refractivity contribution >= 4 is 29.1 Å². The molecule has 5 nitrogen and oxygen atoms in total. The van der Waals surface area contributed by atoms with E-state index in [1.165, 1.54) is 5.56 Å². The van der Waals surface area contributed by atoms with Crippen LogP contribution in [0.2, 0.25) is 5.02 Å². The molecule has 25 heavy (non-hydrogen) atoms. The lowest BCUT2D eigenvalue weighted by Gasteiger charge is -2.35. The van der Waals surface area contributed by atoms with Crippen molar-refractivity contribution in [2.24, 2.45) is 0 Å². The van der Waals surface area contributed by atoms with Crippen LogP contribution in [0.4, 0.5) is 5.69 Å². The van der Waals surface area contributed by atoms with Crippen LogP contribution in [0, 0.1) is 0 Å². The summed E-state index contributed by atoms with van der Waals surface area (Å²) in [5.74, 6) is 0.0221. The van der Waals surface area contributed by atoms with Crippen LogP contribution in [0.1, 0.15) is 51.0 Å². The van der Waals surface area contributed by atoms with Crippen LogP contribution in [0.5, 0.6) is 0 Å². The molecule has 2 amide bonds. The van der Waals surface area contributed by atoms with Crippen molar-refractivity contribution in [1.29, 1.82) is 0 Å². The summed E-state index contributed by atoms with van der Waals surface area (Å²) in [4.78, 5) is 25.6. The summed E-state index contributed by atoms with van der Waals surface area (Å²) in [5.41, 5.74) is 2.02. The molecule has 0 radical (unpaired) electrons. The van der Waals surface area contributed by atoms with Crippen LogP contribution < -0.4 is 10.6 Å². The van der Waals surface area contributed by atoms with Gasteiger partial charge in [-0.25, -0.2) is 0 Å². The van der Waals surface area contributed by atoms with Gasteiger partial charge in [0.05, 0.1) is 0 Å². The Hall–Kier alpha value is -1.59. The van der Waals surface area contributed by atoms with E-state index in [1.54, 1.807) is 0 Å². The Morgan fingerprint density at radius 3 is 2.52 bits per heavy atom. The van der Waals surface area contributed by atoms with E-state index in [0.717, 1.165) is 36.6 Å². The number of carbonyl (C=O) groups is 2. The molecule has 0 bridgehead atoms. The molecule has 0 saturated carbocycles. The van der Waals surface area contributed by atoms with E-state index < -0.39 is 0 Å². The molecule has 0 aliphatic carbocycles. The van der Waals surface area contributed by atoms with Crippen LogP contribution in [0.15, 0.2) is 18.2 Å². The molecular formula is C19H26ClN3O2. The minimum atomic E-state index is -0.381. The third kappa shape index (κ3) is 4.33. The molecule has 1 atom stereocenters. The molecule has 2 N–H and O–H groups in total. The number of rotatable bonds is 4. The summed E-state index contributed by atoms with van der Waals surface area (Å²) in [6, 6.07) is 6.17. The Morgan fingerprint density at radius 2 is 1.92 bits per heavy atom. The molecule has 0 aromatic heterocycles. The summed E-state index contributed by atoms with van der Waals surface area (Å²) in [6.07, 6.45) is 3.12. The first-order valence-corrected chi connectivity index (χ1v) is 9.45. The second-order valence-corrected chi connectivity index (χ2v) is 7.70. The largest absolute Gasteiger partial charge is 0.374 e. The molecule has 2 saturated heterocycles. The van der Waals surface area contributed by atoms with E-state index >= 15 is 0 Å². The van der Waals surface area contributed by atoms with Crippen molar-refractivity contribution in [1.82, 2.24) is 10.2 Å². The number of hydrogen-bond acceptors (Lipinski definition) is 4. The summed E-state index contributed by atoms with van der Waals surface area (Å²) in [7, 11) is 0. The van der Waals surface area contributed by atoms with Gasteiger partial charge in [-0.2, -0.15) is 0 Å². The third-order valence-corrected chi connectivity index (χ3v) is 5.61. The zero-order valence-corrected chi connectivity index (χ0v) is 15.6. The first-order chi connectivity index (χ1) is 11.9. The van der Waals surface area contributed by atoms with Crippen LogP contribution >= 0.6 is 11.6 Å². The molecule has 2 heterocycles. The molecule has 6 heteroatoms. The molecule has 2 aliphatic heterocycles. The summed E-state index contributed by atoms with van der Waals surface area (Å²) in [5, 5.41) is 6.30. The Balaban J connectivity index is 1.63. The SMILES string of the molecule is CC(C)N1CCC(c2ccc(NC3CCC(=O)NC3=O)cc2Cl)CC1. The number of carbonyl (C=O) groups excluding carboxylic acids is 2. The van der Waals surface area contributed by atoms with E-state index in [0.29, 0.717) is 24.8 Å². The minimum Gasteiger partial charge on any atom is -0.374 e. The number of nitrogens with one attached hydrogen (secondary N) is 2. The van der Waals surface area contributed by atoms with E-state index in [9.17, 15) is 9.59 Å². The number of likely N-dealkylation sites (tertiary alicyclic amines) is 1. The van der Waals surface area contributed by atoms with Gasteiger partial charge in [0.15, 0.2) is 0 Å². The van der Waals surface area contributed by atoms with Gasteiger partial charge in [-0.3, -0.25) is 14.9 Å². The number of anilines is 1. The van der Waals surface area contributed by atoms with Crippen LogP contribution in [-0.2, 0) is 9.59 Å². The van der Waals surface area contributed by atoms with Gasteiger partial charge in [-0.15, -0.1) is 0 Å². The Bertz CT molecular complexity index is 654.